The summed E-state index contributed by atoms with van der Waals surface area (Å²) in [4.78, 5) is 0. The SMILES string of the molecule is CC(CNC(C)(C)C)c1ccc(F)c(F)c1. The van der Waals surface area contributed by atoms with Crippen LogP contribution in [0.25, 0.3) is 0 Å². The van der Waals surface area contributed by atoms with Gasteiger partial charge in [0.1, 0.15) is 0 Å². The van der Waals surface area contributed by atoms with E-state index < -0.39 is 11.6 Å². The zero-order valence-corrected chi connectivity index (χ0v) is 10.3. The molecule has 1 aromatic rings. The molecule has 0 fully saturated rings. The summed E-state index contributed by atoms with van der Waals surface area (Å²) in [6.45, 7) is 8.96. The molecule has 0 radical (unpaired) electrons. The van der Waals surface area contributed by atoms with E-state index in [4.69, 9.17) is 0 Å². The summed E-state index contributed by atoms with van der Waals surface area (Å²) in [5.74, 6) is -1.41. The maximum Gasteiger partial charge on any atom is 0.159 e. The first-order valence-electron chi connectivity index (χ1n) is 5.49. The molecular weight excluding hydrogens is 208 g/mol. The summed E-state index contributed by atoms with van der Waals surface area (Å²) >= 11 is 0. The molecule has 0 saturated heterocycles. The quantitative estimate of drug-likeness (QED) is 0.834. The highest BCUT2D eigenvalue weighted by atomic mass is 19.2. The Morgan fingerprint density at radius 1 is 1.19 bits per heavy atom. The van der Waals surface area contributed by atoms with Crippen LogP contribution in [-0.4, -0.2) is 12.1 Å². The molecule has 0 heterocycles. The molecule has 90 valence electrons. The lowest BCUT2D eigenvalue weighted by Gasteiger charge is -2.23. The second-order valence-corrected chi connectivity index (χ2v) is 5.21. The topological polar surface area (TPSA) is 12.0 Å². The average Bonchev–Trinajstić information content (AvgIpc) is 2.17. The second kappa shape index (κ2) is 4.91. The molecule has 0 spiro atoms. The highest BCUT2D eigenvalue weighted by Gasteiger charge is 2.13. The zero-order valence-electron chi connectivity index (χ0n) is 10.3. The van der Waals surface area contributed by atoms with Crippen LogP contribution in [0.2, 0.25) is 0 Å². The third kappa shape index (κ3) is 3.89. The Labute approximate surface area is 95.9 Å². The first-order valence-corrected chi connectivity index (χ1v) is 5.49. The smallest absolute Gasteiger partial charge is 0.159 e. The van der Waals surface area contributed by atoms with E-state index in [9.17, 15) is 8.78 Å². The van der Waals surface area contributed by atoms with Crippen LogP contribution in [0.4, 0.5) is 8.78 Å². The molecular formula is C13H19F2N. The van der Waals surface area contributed by atoms with Gasteiger partial charge in [0, 0.05) is 12.1 Å². The minimum absolute atomic E-state index is 0.0346. The molecule has 1 aromatic carbocycles. The third-order valence-electron chi connectivity index (χ3n) is 2.45. The predicted octanol–water partition coefficient (Wildman–Crippen LogP) is 3.46. The summed E-state index contributed by atoms with van der Waals surface area (Å²) in [6, 6.07) is 4.08. The molecule has 1 N–H and O–H groups in total. The number of hydrogen-bond acceptors (Lipinski definition) is 1. The van der Waals surface area contributed by atoms with Crippen molar-refractivity contribution < 1.29 is 8.78 Å². The van der Waals surface area contributed by atoms with Crippen LogP contribution >= 0.6 is 0 Å². The van der Waals surface area contributed by atoms with Crippen molar-refractivity contribution in [2.45, 2.75) is 39.2 Å². The van der Waals surface area contributed by atoms with Crippen LogP contribution in [0.3, 0.4) is 0 Å². The molecule has 0 aliphatic carbocycles. The molecule has 3 heteroatoms. The number of rotatable bonds is 3. The van der Waals surface area contributed by atoms with E-state index in [-0.39, 0.29) is 11.5 Å². The molecule has 1 rings (SSSR count). The first kappa shape index (κ1) is 13.1. The van der Waals surface area contributed by atoms with E-state index in [0.717, 1.165) is 12.1 Å². The van der Waals surface area contributed by atoms with Crippen molar-refractivity contribution in [3.63, 3.8) is 0 Å². The Balaban J connectivity index is 2.66. The van der Waals surface area contributed by atoms with Gasteiger partial charge >= 0.3 is 0 Å². The number of benzene rings is 1. The molecule has 0 aromatic heterocycles. The summed E-state index contributed by atoms with van der Waals surface area (Å²) in [5.41, 5.74) is 0.850. The van der Waals surface area contributed by atoms with E-state index in [1.54, 1.807) is 6.07 Å². The van der Waals surface area contributed by atoms with Crippen LogP contribution < -0.4 is 5.32 Å². The summed E-state index contributed by atoms with van der Waals surface area (Å²) in [6.07, 6.45) is 0. The van der Waals surface area contributed by atoms with Crippen LogP contribution in [-0.2, 0) is 0 Å². The van der Waals surface area contributed by atoms with Crippen molar-refractivity contribution in [3.8, 4) is 0 Å². The van der Waals surface area contributed by atoms with Crippen LogP contribution in [0.5, 0.6) is 0 Å². The molecule has 1 nitrogen and oxygen atoms in total. The van der Waals surface area contributed by atoms with Crippen molar-refractivity contribution >= 4 is 0 Å². The van der Waals surface area contributed by atoms with E-state index in [0.29, 0.717) is 0 Å². The van der Waals surface area contributed by atoms with Gasteiger partial charge in [-0.15, -0.1) is 0 Å². The minimum Gasteiger partial charge on any atom is -0.311 e. The fourth-order valence-corrected chi connectivity index (χ4v) is 1.40. The molecule has 0 aliphatic heterocycles. The average molecular weight is 227 g/mol. The van der Waals surface area contributed by atoms with E-state index >= 15 is 0 Å². The summed E-state index contributed by atoms with van der Waals surface area (Å²) < 4.78 is 25.8. The lowest BCUT2D eigenvalue weighted by atomic mass is 9.99. The standard InChI is InChI=1S/C13H19F2N/c1-9(8-16-13(2,3)4)10-5-6-11(14)12(15)7-10/h5-7,9,16H,8H2,1-4H3. The predicted molar refractivity (Wildman–Crippen MR) is 62.5 cm³/mol. The van der Waals surface area contributed by atoms with Gasteiger partial charge in [-0.25, -0.2) is 8.78 Å². The number of nitrogens with one attached hydrogen (secondary N) is 1. The van der Waals surface area contributed by atoms with Gasteiger partial charge in [0.2, 0.25) is 0 Å². The third-order valence-corrected chi connectivity index (χ3v) is 2.45. The maximum atomic E-state index is 13.0. The van der Waals surface area contributed by atoms with Gasteiger partial charge in [0.15, 0.2) is 11.6 Å². The lowest BCUT2D eigenvalue weighted by molar-refractivity contribution is 0.411. The molecule has 0 amide bonds. The first-order chi connectivity index (χ1) is 7.29. The Hall–Kier alpha value is -0.960. The minimum atomic E-state index is -0.792. The van der Waals surface area contributed by atoms with Gasteiger partial charge in [0.05, 0.1) is 0 Å². The fourth-order valence-electron chi connectivity index (χ4n) is 1.40. The van der Waals surface area contributed by atoms with E-state index in [1.807, 2.05) is 6.92 Å². The Kier molecular flexibility index (Phi) is 4.03. The van der Waals surface area contributed by atoms with Gasteiger partial charge < -0.3 is 5.32 Å². The van der Waals surface area contributed by atoms with Crippen LogP contribution in [0, 0.1) is 11.6 Å². The highest BCUT2D eigenvalue weighted by Crippen LogP contribution is 2.18. The van der Waals surface area contributed by atoms with Gasteiger partial charge in [-0.2, -0.15) is 0 Å². The molecule has 16 heavy (non-hydrogen) atoms. The summed E-state index contributed by atoms with van der Waals surface area (Å²) in [7, 11) is 0. The van der Waals surface area contributed by atoms with E-state index in [2.05, 4.69) is 26.1 Å². The molecule has 0 aliphatic rings. The molecule has 0 saturated carbocycles. The summed E-state index contributed by atoms with van der Waals surface area (Å²) in [5, 5.41) is 3.34. The van der Waals surface area contributed by atoms with Crippen molar-refractivity contribution in [1.82, 2.24) is 5.32 Å². The maximum absolute atomic E-state index is 13.0. The lowest BCUT2D eigenvalue weighted by Crippen LogP contribution is -2.38. The largest absolute Gasteiger partial charge is 0.311 e. The number of hydrogen-bond donors (Lipinski definition) is 1. The second-order valence-electron chi connectivity index (χ2n) is 5.21. The van der Waals surface area contributed by atoms with Crippen molar-refractivity contribution in [3.05, 3.63) is 35.4 Å². The van der Waals surface area contributed by atoms with Gasteiger partial charge in [-0.3, -0.25) is 0 Å². The number of halogens is 2. The molecule has 1 unspecified atom stereocenters. The normalized spacial score (nSPS) is 13.9. The van der Waals surface area contributed by atoms with Crippen LogP contribution in [0.1, 0.15) is 39.2 Å². The molecule has 1 atom stereocenters. The fraction of sp³-hybridized carbons (Fsp3) is 0.538. The van der Waals surface area contributed by atoms with E-state index in [1.165, 1.54) is 12.1 Å². The van der Waals surface area contributed by atoms with Gasteiger partial charge in [-0.05, 0) is 44.4 Å². The van der Waals surface area contributed by atoms with Gasteiger partial charge in [-0.1, -0.05) is 13.0 Å². The van der Waals surface area contributed by atoms with Crippen molar-refractivity contribution in [2.24, 2.45) is 0 Å². The monoisotopic (exact) mass is 227 g/mol. The van der Waals surface area contributed by atoms with Crippen LogP contribution in [0.15, 0.2) is 18.2 Å². The Morgan fingerprint density at radius 3 is 2.31 bits per heavy atom. The Bertz CT molecular complexity index is 355. The van der Waals surface area contributed by atoms with Gasteiger partial charge in [0.25, 0.3) is 0 Å². The van der Waals surface area contributed by atoms with Crippen molar-refractivity contribution in [1.29, 1.82) is 0 Å². The zero-order chi connectivity index (χ0) is 12.3. The Morgan fingerprint density at radius 2 is 1.81 bits per heavy atom. The highest BCUT2D eigenvalue weighted by molar-refractivity contribution is 5.21. The molecule has 0 bridgehead atoms. The van der Waals surface area contributed by atoms with Crippen molar-refractivity contribution in [2.75, 3.05) is 6.54 Å².